The standard InChI is InChI=1S/C14H28N2O2/c1-6-16(7-2)13(17)10-15-11-9-12(18-8-3)14(11,4)5/h11-12,15H,6-10H2,1-5H3. The fraction of sp³-hybridized carbons (Fsp3) is 0.929. The Bertz CT molecular complexity index is 275. The molecule has 1 saturated carbocycles. The predicted octanol–water partition coefficient (Wildman–Crippen LogP) is 1.65. The van der Waals surface area contributed by atoms with E-state index in [1.54, 1.807) is 0 Å². The average Bonchev–Trinajstić information content (AvgIpc) is 2.34. The minimum atomic E-state index is 0.125. The maximum absolute atomic E-state index is 11.9. The Balaban J connectivity index is 2.35. The zero-order valence-corrected chi connectivity index (χ0v) is 12.5. The molecule has 1 aliphatic carbocycles. The second-order valence-corrected chi connectivity index (χ2v) is 5.50. The molecule has 1 N–H and O–H groups in total. The molecule has 0 heterocycles. The van der Waals surface area contributed by atoms with Gasteiger partial charge in [-0.1, -0.05) is 13.8 Å². The van der Waals surface area contributed by atoms with Gasteiger partial charge < -0.3 is 15.0 Å². The zero-order valence-electron chi connectivity index (χ0n) is 12.5. The number of carbonyl (C=O) groups excluding carboxylic acids is 1. The summed E-state index contributed by atoms with van der Waals surface area (Å²) in [4.78, 5) is 13.8. The topological polar surface area (TPSA) is 41.6 Å². The van der Waals surface area contributed by atoms with E-state index in [0.717, 1.165) is 26.1 Å². The molecule has 1 fully saturated rings. The van der Waals surface area contributed by atoms with Gasteiger partial charge in [0.1, 0.15) is 0 Å². The number of nitrogens with one attached hydrogen (secondary N) is 1. The predicted molar refractivity (Wildman–Crippen MR) is 73.5 cm³/mol. The molecule has 18 heavy (non-hydrogen) atoms. The van der Waals surface area contributed by atoms with Crippen molar-refractivity contribution in [3.8, 4) is 0 Å². The van der Waals surface area contributed by atoms with Gasteiger partial charge in [0.2, 0.25) is 5.91 Å². The van der Waals surface area contributed by atoms with Gasteiger partial charge in [-0.25, -0.2) is 0 Å². The Morgan fingerprint density at radius 1 is 1.33 bits per heavy atom. The number of carbonyl (C=O) groups is 1. The normalized spacial score (nSPS) is 25.6. The van der Waals surface area contributed by atoms with E-state index in [1.165, 1.54) is 0 Å². The molecule has 0 aliphatic heterocycles. The van der Waals surface area contributed by atoms with Crippen molar-refractivity contribution in [1.29, 1.82) is 0 Å². The van der Waals surface area contributed by atoms with Gasteiger partial charge in [-0.05, 0) is 27.2 Å². The molecule has 0 saturated heterocycles. The highest BCUT2D eigenvalue weighted by molar-refractivity contribution is 5.78. The lowest BCUT2D eigenvalue weighted by atomic mass is 9.64. The van der Waals surface area contributed by atoms with Crippen LogP contribution in [0.3, 0.4) is 0 Å². The first-order valence-corrected chi connectivity index (χ1v) is 7.10. The number of hydrogen-bond acceptors (Lipinski definition) is 3. The molecule has 106 valence electrons. The van der Waals surface area contributed by atoms with Crippen molar-refractivity contribution < 1.29 is 9.53 Å². The summed E-state index contributed by atoms with van der Waals surface area (Å²) in [6.45, 7) is 13.2. The van der Waals surface area contributed by atoms with Gasteiger partial charge in [-0.3, -0.25) is 4.79 Å². The lowest BCUT2D eigenvalue weighted by Gasteiger charge is -2.51. The highest BCUT2D eigenvalue weighted by Crippen LogP contribution is 2.42. The highest BCUT2D eigenvalue weighted by Gasteiger charge is 2.48. The van der Waals surface area contributed by atoms with Crippen molar-refractivity contribution in [2.24, 2.45) is 5.41 Å². The number of hydrogen-bond donors (Lipinski definition) is 1. The van der Waals surface area contributed by atoms with Crippen LogP contribution < -0.4 is 5.32 Å². The summed E-state index contributed by atoms with van der Waals surface area (Å²) in [5, 5.41) is 3.38. The van der Waals surface area contributed by atoms with E-state index in [-0.39, 0.29) is 11.3 Å². The number of ether oxygens (including phenoxy) is 1. The molecule has 1 amide bonds. The molecule has 0 aromatic carbocycles. The van der Waals surface area contributed by atoms with Crippen LogP contribution >= 0.6 is 0 Å². The van der Waals surface area contributed by atoms with Gasteiger partial charge in [0, 0.05) is 31.2 Å². The Morgan fingerprint density at radius 2 is 1.94 bits per heavy atom. The van der Waals surface area contributed by atoms with Gasteiger partial charge >= 0.3 is 0 Å². The second-order valence-electron chi connectivity index (χ2n) is 5.50. The number of likely N-dealkylation sites (N-methyl/N-ethyl adjacent to an activating group) is 1. The van der Waals surface area contributed by atoms with Crippen LogP contribution in [0.15, 0.2) is 0 Å². The molecule has 2 atom stereocenters. The van der Waals surface area contributed by atoms with Crippen molar-refractivity contribution >= 4 is 5.91 Å². The molecule has 0 spiro atoms. The zero-order chi connectivity index (χ0) is 13.8. The van der Waals surface area contributed by atoms with E-state index in [0.29, 0.717) is 18.7 Å². The SMILES string of the molecule is CCOC1CC(NCC(=O)N(CC)CC)C1(C)C. The maximum atomic E-state index is 11.9. The third kappa shape index (κ3) is 3.23. The van der Waals surface area contributed by atoms with E-state index >= 15 is 0 Å². The van der Waals surface area contributed by atoms with E-state index in [1.807, 2.05) is 25.7 Å². The fourth-order valence-corrected chi connectivity index (χ4v) is 2.61. The van der Waals surface area contributed by atoms with E-state index < -0.39 is 0 Å². The summed E-state index contributed by atoms with van der Waals surface area (Å²) in [5.74, 6) is 0.190. The van der Waals surface area contributed by atoms with Gasteiger partial charge in [-0.2, -0.15) is 0 Å². The number of nitrogens with zero attached hydrogens (tertiary/aromatic N) is 1. The Kier molecular flexibility index (Phi) is 5.60. The first kappa shape index (κ1) is 15.4. The molecular formula is C14H28N2O2. The monoisotopic (exact) mass is 256 g/mol. The molecule has 0 aromatic rings. The summed E-state index contributed by atoms with van der Waals surface area (Å²) in [5.41, 5.74) is 0.125. The molecule has 1 aliphatic rings. The molecule has 4 nitrogen and oxygen atoms in total. The van der Waals surface area contributed by atoms with Crippen LogP contribution in [0.2, 0.25) is 0 Å². The number of amides is 1. The molecule has 0 aromatic heterocycles. The first-order chi connectivity index (χ1) is 8.47. The van der Waals surface area contributed by atoms with E-state index in [9.17, 15) is 4.79 Å². The third-order valence-electron chi connectivity index (χ3n) is 4.16. The van der Waals surface area contributed by atoms with Crippen molar-refractivity contribution in [2.75, 3.05) is 26.2 Å². The minimum absolute atomic E-state index is 0.125. The molecule has 0 bridgehead atoms. The highest BCUT2D eigenvalue weighted by atomic mass is 16.5. The summed E-state index contributed by atoms with van der Waals surface area (Å²) < 4.78 is 5.68. The van der Waals surface area contributed by atoms with Crippen molar-refractivity contribution in [3.05, 3.63) is 0 Å². The van der Waals surface area contributed by atoms with E-state index in [4.69, 9.17) is 4.74 Å². The molecule has 4 heteroatoms. The van der Waals surface area contributed by atoms with Crippen LogP contribution in [0.25, 0.3) is 0 Å². The largest absolute Gasteiger partial charge is 0.378 e. The molecule has 1 rings (SSSR count). The van der Waals surface area contributed by atoms with Crippen LogP contribution in [0.4, 0.5) is 0 Å². The third-order valence-corrected chi connectivity index (χ3v) is 4.16. The van der Waals surface area contributed by atoms with Crippen LogP contribution in [-0.2, 0) is 9.53 Å². The van der Waals surface area contributed by atoms with E-state index in [2.05, 4.69) is 19.2 Å². The quantitative estimate of drug-likeness (QED) is 0.753. The Morgan fingerprint density at radius 3 is 2.39 bits per heavy atom. The second kappa shape index (κ2) is 6.53. The maximum Gasteiger partial charge on any atom is 0.236 e. The van der Waals surface area contributed by atoms with Crippen LogP contribution in [0.5, 0.6) is 0 Å². The Hall–Kier alpha value is -0.610. The molecule has 2 unspecified atom stereocenters. The van der Waals surface area contributed by atoms with Crippen molar-refractivity contribution in [2.45, 2.75) is 53.2 Å². The summed E-state index contributed by atoms with van der Waals surface area (Å²) >= 11 is 0. The van der Waals surface area contributed by atoms with Crippen molar-refractivity contribution in [3.63, 3.8) is 0 Å². The van der Waals surface area contributed by atoms with Crippen LogP contribution in [0.1, 0.15) is 41.0 Å². The summed E-state index contributed by atoms with van der Waals surface area (Å²) in [6.07, 6.45) is 1.33. The van der Waals surface area contributed by atoms with Gasteiger partial charge in [0.25, 0.3) is 0 Å². The summed E-state index contributed by atoms with van der Waals surface area (Å²) in [6, 6.07) is 0.383. The molecule has 0 radical (unpaired) electrons. The van der Waals surface area contributed by atoms with Gasteiger partial charge in [0.05, 0.1) is 12.6 Å². The smallest absolute Gasteiger partial charge is 0.236 e. The van der Waals surface area contributed by atoms with Gasteiger partial charge in [-0.15, -0.1) is 0 Å². The number of rotatable bonds is 7. The Labute approximate surface area is 111 Å². The summed E-state index contributed by atoms with van der Waals surface area (Å²) in [7, 11) is 0. The van der Waals surface area contributed by atoms with Crippen molar-refractivity contribution in [1.82, 2.24) is 10.2 Å². The minimum Gasteiger partial charge on any atom is -0.378 e. The first-order valence-electron chi connectivity index (χ1n) is 7.10. The lowest BCUT2D eigenvalue weighted by molar-refractivity contribution is -0.134. The fourth-order valence-electron chi connectivity index (χ4n) is 2.61. The van der Waals surface area contributed by atoms with Gasteiger partial charge in [0.15, 0.2) is 0 Å². The van der Waals surface area contributed by atoms with Crippen LogP contribution in [-0.4, -0.2) is 49.2 Å². The average molecular weight is 256 g/mol. The van der Waals surface area contributed by atoms with Crippen LogP contribution in [0, 0.1) is 5.41 Å². The lowest BCUT2D eigenvalue weighted by Crippen LogP contribution is -2.62. The molecular weight excluding hydrogens is 228 g/mol.